The van der Waals surface area contributed by atoms with Gasteiger partial charge in [0, 0.05) is 78.2 Å². The highest BCUT2D eigenvalue weighted by Crippen LogP contribution is 2.57. The Morgan fingerprint density at radius 1 is 0.716 bits per heavy atom. The highest BCUT2D eigenvalue weighted by molar-refractivity contribution is 8.76. The number of nitrogens with zero attached hydrogens (tertiary/aromatic N) is 1. The van der Waals surface area contributed by atoms with Crippen LogP contribution in [0, 0.1) is 5.92 Å². The molecule has 12 amide bonds. The summed E-state index contributed by atoms with van der Waals surface area (Å²) in [4.78, 5) is 179. The van der Waals surface area contributed by atoms with Crippen molar-refractivity contribution in [2.75, 3.05) is 31.1 Å². The molecule has 8 rings (SSSR count). The number of likely N-dealkylation sites (tertiary alicyclic amines) is 1. The third kappa shape index (κ3) is 17.6. The van der Waals surface area contributed by atoms with Gasteiger partial charge in [-0.05, 0) is 92.1 Å². The molecule has 506 valence electrons. The van der Waals surface area contributed by atoms with E-state index in [-0.39, 0.29) is 103 Å². The number of carbonyl (C=O) groups is 13. The highest BCUT2D eigenvalue weighted by Gasteiger charge is 2.54. The molecule has 1 spiro atoms. The van der Waals surface area contributed by atoms with Gasteiger partial charge in [0.2, 0.25) is 65.0 Å². The molecule has 4 aliphatic heterocycles. The van der Waals surface area contributed by atoms with Gasteiger partial charge in [0.1, 0.15) is 71.0 Å². The van der Waals surface area contributed by atoms with Crippen LogP contribution in [0.2, 0.25) is 0 Å². The van der Waals surface area contributed by atoms with Gasteiger partial charge in [-0.3, -0.25) is 57.5 Å². The monoisotopic (exact) mass is 1350 g/mol. The molecular formula is C63H74N12O18S2. The van der Waals surface area contributed by atoms with Gasteiger partial charge in [-0.15, -0.1) is 0 Å². The van der Waals surface area contributed by atoms with Crippen LogP contribution in [0.1, 0.15) is 115 Å². The van der Waals surface area contributed by atoms with E-state index in [1.807, 2.05) is 0 Å². The first-order valence-corrected chi connectivity index (χ1v) is 33.0. The number of benzene rings is 4. The quantitative estimate of drug-likeness (QED) is 0.0304. The molecule has 4 aliphatic rings. The number of carbonyl (C=O) groups excluding carboxylic acids is 13. The van der Waals surface area contributed by atoms with Crippen molar-refractivity contribution in [3.05, 3.63) is 112 Å². The largest absolute Gasteiger partial charge is 0.508 e. The molecule has 0 radical (unpaired) electrons. The number of aromatic hydroxyl groups is 3. The van der Waals surface area contributed by atoms with Gasteiger partial charge in [0.25, 0.3) is 5.91 Å². The molecule has 32 heteroatoms. The van der Waals surface area contributed by atoms with Crippen molar-refractivity contribution < 1.29 is 87.1 Å². The molecule has 4 aromatic carbocycles. The zero-order chi connectivity index (χ0) is 68.8. The summed E-state index contributed by atoms with van der Waals surface area (Å²) >= 11 is 0. The number of nitrogens with two attached hydrogens (primary N) is 3. The zero-order valence-electron chi connectivity index (χ0n) is 51.7. The number of primary amides is 3. The molecule has 0 unspecified atom stereocenters. The maximum Gasteiger partial charge on any atom is 0.340 e. The zero-order valence-corrected chi connectivity index (χ0v) is 53.3. The van der Waals surface area contributed by atoms with E-state index in [0.717, 1.165) is 21.6 Å². The molecule has 17 N–H and O–H groups in total. The van der Waals surface area contributed by atoms with Crippen LogP contribution in [0.4, 0.5) is 0 Å². The van der Waals surface area contributed by atoms with Crippen molar-refractivity contribution in [2.45, 2.75) is 126 Å². The van der Waals surface area contributed by atoms with E-state index in [4.69, 9.17) is 26.7 Å². The summed E-state index contributed by atoms with van der Waals surface area (Å²) in [7, 11) is 2.13. The van der Waals surface area contributed by atoms with Gasteiger partial charge >= 0.3 is 5.97 Å². The number of fused-ring (bicyclic) bond motifs is 6. The Labute approximate surface area is 551 Å². The molecule has 0 aromatic heterocycles. The summed E-state index contributed by atoms with van der Waals surface area (Å²) in [5.41, 5.74) is 16.5. The Kier molecular flexibility index (Phi) is 23.6. The average molecular weight is 1350 g/mol. The lowest BCUT2D eigenvalue weighted by Crippen LogP contribution is -2.61. The highest BCUT2D eigenvalue weighted by atomic mass is 33.1. The first kappa shape index (κ1) is 70.8. The Bertz CT molecular complexity index is 3620. The van der Waals surface area contributed by atoms with E-state index in [1.54, 1.807) is 32.0 Å². The summed E-state index contributed by atoms with van der Waals surface area (Å²) in [6.45, 7) is 2.62. The van der Waals surface area contributed by atoms with E-state index >= 15 is 0 Å². The molecule has 0 bridgehead atoms. The molecule has 2 saturated heterocycles. The lowest BCUT2D eigenvalue weighted by atomic mass is 9.77. The fraction of sp³-hybridized carbons (Fsp3) is 0.413. The molecule has 30 nitrogen and oxygen atoms in total. The number of rotatable bonds is 20. The van der Waals surface area contributed by atoms with Gasteiger partial charge in [0.15, 0.2) is 5.60 Å². The minimum atomic E-state index is -1.81. The van der Waals surface area contributed by atoms with Crippen LogP contribution in [0.3, 0.4) is 0 Å². The van der Waals surface area contributed by atoms with Gasteiger partial charge < -0.3 is 89.4 Å². The fourth-order valence-corrected chi connectivity index (χ4v) is 13.5. The minimum absolute atomic E-state index is 0.0254. The van der Waals surface area contributed by atoms with Crippen molar-refractivity contribution >= 4 is 98.4 Å². The van der Waals surface area contributed by atoms with Gasteiger partial charge in [-0.1, -0.05) is 60.1 Å². The number of phenols is 3. The van der Waals surface area contributed by atoms with Crippen LogP contribution < -0.4 is 64.5 Å². The standard InChI is InChI=1S/C63H74N12O18S2/c1-3-31(2)53-60(89)71-42(18-19-49(64)79)56(85)72-44(28-50(65)80)57(86)73-45(30-95-94-23-20-52(82)69-43(58(87)74-53)24-32-8-11-34(76)12-9-32)61(90)75-22-5-7-46(75)59(88)70-41(55(84)68-29-51(66)81)6-4-21-67-54(83)33-10-15-38-37(25-33)62(91)93-63(38)39-16-13-35(77)26-47(39)92-48-27-36(78)14-17-40(48)63/h8-17,25-27,31,41-46,53,76-78H,3-7,18-24,28-30H2,1-2H3,(H2,64,79)(H2,65,80)(H2,66,81)(H,67,83)(H,68,84)(H,69,82)(H,70,88)(H,71,89)(H,72,85)(H,73,86)(H,74,87)/t31-,41-,42-,43-,44-,45-,46-,53-/m0/s1. The molecule has 2 fully saturated rings. The lowest BCUT2D eigenvalue weighted by Gasteiger charge is -2.36. The smallest absolute Gasteiger partial charge is 0.340 e. The molecule has 0 saturated carbocycles. The third-order valence-electron chi connectivity index (χ3n) is 16.4. The van der Waals surface area contributed by atoms with Crippen molar-refractivity contribution in [2.24, 2.45) is 23.1 Å². The summed E-state index contributed by atoms with van der Waals surface area (Å²) in [6.07, 6.45) is -1.51. The summed E-state index contributed by atoms with van der Waals surface area (Å²) in [5.74, 6) is -12.0. The molecular weight excluding hydrogens is 1280 g/mol. The number of ether oxygens (including phenoxy) is 2. The average Bonchev–Trinajstić information content (AvgIpc) is 1.61. The predicted molar refractivity (Wildman–Crippen MR) is 341 cm³/mol. The number of amides is 12. The minimum Gasteiger partial charge on any atom is -0.508 e. The maximum absolute atomic E-state index is 14.9. The summed E-state index contributed by atoms with van der Waals surface area (Å²) < 4.78 is 12.1. The summed E-state index contributed by atoms with van der Waals surface area (Å²) in [5, 5.41) is 51.2. The topological polar surface area (TPSA) is 479 Å². The first-order chi connectivity index (χ1) is 45.3. The molecule has 8 atom stereocenters. The SMILES string of the molecule is CC[C@H](C)[C@@H]1NC(=O)[C@H](Cc2ccc(O)cc2)NC(=O)CCSSC[C@@H](C(=O)N2CCC[C@H]2C(=O)N[C@@H](CCCNC(=O)c2ccc3c(c2)C(=O)OC32c3ccc(O)cc3Oc3cc(O)ccc32)C(=O)NCC(N)=O)NC(=O)[C@H](CC(N)=O)NC(=O)[C@H](CCC(N)=O)NC1=O. The van der Waals surface area contributed by atoms with Crippen molar-refractivity contribution in [1.82, 2.24) is 47.4 Å². The Morgan fingerprint density at radius 3 is 2.01 bits per heavy atom. The van der Waals surface area contributed by atoms with Crippen LogP contribution in [0.15, 0.2) is 78.9 Å². The normalized spacial score (nSPS) is 21.2. The second-order valence-corrected chi connectivity index (χ2v) is 25.8. The van der Waals surface area contributed by atoms with E-state index < -0.39 is 156 Å². The Balaban J connectivity index is 0.980. The second-order valence-electron chi connectivity index (χ2n) is 23.2. The number of nitrogens with one attached hydrogen (secondary N) is 8. The van der Waals surface area contributed by atoms with E-state index in [9.17, 15) is 77.6 Å². The second kappa shape index (κ2) is 31.7. The number of hydrogen-bond donors (Lipinski definition) is 14. The summed E-state index contributed by atoms with van der Waals surface area (Å²) in [6, 6.07) is 8.52. The lowest BCUT2D eigenvalue weighted by molar-refractivity contribution is -0.142. The molecule has 4 aromatic rings. The van der Waals surface area contributed by atoms with Crippen molar-refractivity contribution in [1.29, 1.82) is 0 Å². The molecule has 4 heterocycles. The van der Waals surface area contributed by atoms with E-state index in [0.29, 0.717) is 28.7 Å². The van der Waals surface area contributed by atoms with E-state index in [1.165, 1.54) is 65.6 Å². The molecule has 0 aliphatic carbocycles. The van der Waals surface area contributed by atoms with Crippen molar-refractivity contribution in [3.63, 3.8) is 0 Å². The van der Waals surface area contributed by atoms with Crippen LogP contribution >= 0.6 is 21.6 Å². The van der Waals surface area contributed by atoms with Crippen LogP contribution in [-0.4, -0.2) is 171 Å². The van der Waals surface area contributed by atoms with Crippen LogP contribution in [0.5, 0.6) is 28.7 Å². The van der Waals surface area contributed by atoms with Gasteiger partial charge in [-0.2, -0.15) is 0 Å². The Hall–Kier alpha value is -10.1. The predicted octanol–water partition coefficient (Wildman–Crippen LogP) is -0.402. The fourth-order valence-electron chi connectivity index (χ4n) is 11.3. The van der Waals surface area contributed by atoms with Gasteiger partial charge in [0.05, 0.1) is 18.5 Å². The number of hydrogen-bond acceptors (Lipinski definition) is 20. The number of esters is 1. The first-order valence-electron chi connectivity index (χ1n) is 30.5. The number of phenolic OH excluding ortho intramolecular Hbond substituents is 3. The Morgan fingerprint density at radius 2 is 1.36 bits per heavy atom. The third-order valence-corrected chi connectivity index (χ3v) is 18.8. The van der Waals surface area contributed by atoms with Crippen molar-refractivity contribution in [3.8, 4) is 28.7 Å². The van der Waals surface area contributed by atoms with Crippen LogP contribution in [0.25, 0.3) is 0 Å². The van der Waals surface area contributed by atoms with Crippen LogP contribution in [-0.2, 0) is 69.5 Å². The molecule has 95 heavy (non-hydrogen) atoms. The maximum atomic E-state index is 14.9. The van der Waals surface area contributed by atoms with Gasteiger partial charge in [-0.25, -0.2) is 4.79 Å². The van der Waals surface area contributed by atoms with E-state index in [2.05, 4.69) is 42.5 Å².